The van der Waals surface area contributed by atoms with Crippen molar-refractivity contribution in [1.82, 2.24) is 4.98 Å². The minimum Gasteiger partial charge on any atom is -0.461 e. The van der Waals surface area contributed by atoms with Crippen molar-refractivity contribution in [2.75, 3.05) is 6.61 Å². The Kier molecular flexibility index (Phi) is 4.42. The molecule has 0 aliphatic carbocycles. The number of hydrogen-bond donors (Lipinski definition) is 0. The quantitative estimate of drug-likeness (QED) is 0.636. The number of pyridine rings is 1. The Hall–Kier alpha value is -2.62. The van der Waals surface area contributed by atoms with Crippen LogP contribution in [-0.4, -0.2) is 17.6 Å². The van der Waals surface area contributed by atoms with Crippen molar-refractivity contribution >= 4 is 5.97 Å². The smallest absolute Gasteiger partial charge is 0.313 e. The number of aryl methyl sites for hydroxylation is 2. The average molecular weight is 309 g/mol. The van der Waals surface area contributed by atoms with E-state index in [4.69, 9.17) is 9.47 Å². The lowest BCUT2D eigenvalue weighted by Crippen LogP contribution is -2.13. The number of ether oxygens (including phenoxy) is 2. The monoisotopic (exact) mass is 309 g/mol. The maximum absolute atomic E-state index is 12.0. The maximum atomic E-state index is 12.0. The van der Waals surface area contributed by atoms with Crippen molar-refractivity contribution < 1.29 is 14.3 Å². The molecule has 0 bridgehead atoms. The molecule has 4 nitrogen and oxygen atoms in total. The molecule has 2 aromatic rings. The summed E-state index contributed by atoms with van der Waals surface area (Å²) in [5, 5.41) is 0. The molecule has 0 spiro atoms. The normalized spacial score (nSPS) is 13.8. The maximum Gasteiger partial charge on any atom is 0.313 e. The van der Waals surface area contributed by atoms with Gasteiger partial charge in [0.2, 0.25) is 5.88 Å². The van der Waals surface area contributed by atoms with E-state index in [1.165, 1.54) is 0 Å². The molecule has 2 heterocycles. The second-order valence-corrected chi connectivity index (χ2v) is 5.58. The number of fused-ring (bicyclic) bond motifs is 2. The van der Waals surface area contributed by atoms with E-state index < -0.39 is 0 Å². The number of hydrogen-bond acceptors (Lipinski definition) is 4. The van der Waals surface area contributed by atoms with Crippen molar-refractivity contribution in [2.24, 2.45) is 0 Å². The van der Waals surface area contributed by atoms with E-state index in [0.29, 0.717) is 5.88 Å². The highest BCUT2D eigenvalue weighted by molar-refractivity contribution is 5.78. The minimum atomic E-state index is -0.316. The molecule has 1 unspecified atom stereocenters. The summed E-state index contributed by atoms with van der Waals surface area (Å²) >= 11 is 0. The number of rotatable bonds is 4. The van der Waals surface area contributed by atoms with E-state index in [1.807, 2.05) is 37.3 Å². The fraction of sp³-hybridized carbons (Fsp3) is 0.263. The molecule has 1 aliphatic rings. The molecule has 4 heteroatoms. The van der Waals surface area contributed by atoms with Gasteiger partial charge in [-0.15, -0.1) is 0 Å². The van der Waals surface area contributed by atoms with E-state index in [0.717, 1.165) is 35.3 Å². The molecule has 3 rings (SSSR count). The molecule has 0 fully saturated rings. The summed E-state index contributed by atoms with van der Waals surface area (Å²) in [5.74, 6) is 0.906. The van der Waals surface area contributed by atoms with Crippen LogP contribution in [0.4, 0.5) is 0 Å². The van der Waals surface area contributed by atoms with Gasteiger partial charge in [-0.3, -0.25) is 4.79 Å². The van der Waals surface area contributed by atoms with Gasteiger partial charge in [-0.2, -0.15) is 0 Å². The summed E-state index contributed by atoms with van der Waals surface area (Å²) < 4.78 is 11.1. The predicted molar refractivity (Wildman–Crippen MR) is 87.7 cm³/mol. The van der Waals surface area contributed by atoms with Gasteiger partial charge in [0.1, 0.15) is 12.4 Å². The van der Waals surface area contributed by atoms with Gasteiger partial charge in [-0.1, -0.05) is 30.9 Å². The Morgan fingerprint density at radius 2 is 2.22 bits per heavy atom. The van der Waals surface area contributed by atoms with Gasteiger partial charge in [-0.05, 0) is 43.0 Å². The molecule has 0 saturated carbocycles. The molecule has 1 aliphatic heterocycles. The molecule has 23 heavy (non-hydrogen) atoms. The first-order valence-electron chi connectivity index (χ1n) is 7.71. The van der Waals surface area contributed by atoms with Crippen molar-refractivity contribution in [1.29, 1.82) is 0 Å². The molecule has 0 radical (unpaired) electrons. The van der Waals surface area contributed by atoms with Gasteiger partial charge in [-0.25, -0.2) is 4.98 Å². The van der Waals surface area contributed by atoms with E-state index in [-0.39, 0.29) is 18.5 Å². The lowest BCUT2D eigenvalue weighted by Gasteiger charge is -2.14. The van der Waals surface area contributed by atoms with Crippen LogP contribution < -0.4 is 4.74 Å². The highest BCUT2D eigenvalue weighted by Gasteiger charge is 2.20. The number of esters is 1. The zero-order chi connectivity index (χ0) is 16.2. The van der Waals surface area contributed by atoms with Crippen molar-refractivity contribution in [2.45, 2.75) is 25.7 Å². The van der Waals surface area contributed by atoms with Gasteiger partial charge in [0.25, 0.3) is 0 Å². The number of nitrogens with zero attached hydrogens (tertiary/aromatic N) is 1. The van der Waals surface area contributed by atoms with E-state index >= 15 is 0 Å². The van der Waals surface area contributed by atoms with Crippen molar-refractivity contribution in [3.63, 3.8) is 0 Å². The molecule has 1 aromatic heterocycles. The van der Waals surface area contributed by atoms with Crippen LogP contribution in [0.25, 0.3) is 0 Å². The summed E-state index contributed by atoms with van der Waals surface area (Å²) in [6.07, 6.45) is 5.03. The number of carbonyl (C=O) groups is 1. The lowest BCUT2D eigenvalue weighted by molar-refractivity contribution is -0.143. The fourth-order valence-electron chi connectivity index (χ4n) is 2.65. The first-order chi connectivity index (χ1) is 11.2. The first-order valence-corrected chi connectivity index (χ1v) is 7.71. The minimum absolute atomic E-state index is 0.234. The summed E-state index contributed by atoms with van der Waals surface area (Å²) in [6, 6.07) is 9.80. The summed E-state index contributed by atoms with van der Waals surface area (Å²) in [7, 11) is 0. The second kappa shape index (κ2) is 6.65. The SMILES string of the molecule is C=CCOC(=O)C(C)c1ccc2c(c1)CCc1cccnc1O2. The van der Waals surface area contributed by atoms with Gasteiger partial charge in [0.05, 0.1) is 5.92 Å². The highest BCUT2D eigenvalue weighted by Crippen LogP contribution is 2.34. The van der Waals surface area contributed by atoms with Crippen LogP contribution in [0.1, 0.15) is 29.5 Å². The Balaban J connectivity index is 1.83. The fourth-order valence-corrected chi connectivity index (χ4v) is 2.65. The predicted octanol–water partition coefficient (Wildman–Crippen LogP) is 3.81. The number of carbonyl (C=O) groups excluding carboxylic acids is 1. The van der Waals surface area contributed by atoms with E-state index in [9.17, 15) is 4.79 Å². The zero-order valence-electron chi connectivity index (χ0n) is 13.1. The number of aromatic nitrogens is 1. The molecule has 1 aromatic carbocycles. The Morgan fingerprint density at radius 1 is 1.39 bits per heavy atom. The number of benzene rings is 1. The van der Waals surface area contributed by atoms with Crippen molar-refractivity contribution in [3.8, 4) is 11.6 Å². The molecule has 118 valence electrons. The van der Waals surface area contributed by atoms with Crippen LogP contribution in [0, 0.1) is 0 Å². The average Bonchev–Trinajstić information content (AvgIpc) is 2.77. The Labute approximate surface area is 135 Å². The van der Waals surface area contributed by atoms with Crippen LogP contribution in [-0.2, 0) is 22.4 Å². The van der Waals surface area contributed by atoms with Crippen LogP contribution in [0.5, 0.6) is 11.6 Å². The Bertz CT molecular complexity index is 739. The van der Waals surface area contributed by atoms with Gasteiger partial charge in [0.15, 0.2) is 0 Å². The standard InChI is InChI=1S/C19H19NO3/c1-3-11-22-19(21)13(2)15-8-9-17-16(12-15)7-6-14-5-4-10-20-18(14)23-17/h3-5,8-10,12-13H,1,6-7,11H2,2H3. The summed E-state index contributed by atoms with van der Waals surface area (Å²) in [6.45, 7) is 5.64. The van der Waals surface area contributed by atoms with Crippen LogP contribution in [0.15, 0.2) is 49.2 Å². The first kappa shape index (κ1) is 15.3. The molecular weight excluding hydrogens is 290 g/mol. The largest absolute Gasteiger partial charge is 0.461 e. The zero-order valence-corrected chi connectivity index (χ0v) is 13.1. The van der Waals surface area contributed by atoms with Gasteiger partial charge in [0, 0.05) is 11.8 Å². The topological polar surface area (TPSA) is 48.4 Å². The van der Waals surface area contributed by atoms with Crippen LogP contribution in [0.3, 0.4) is 0 Å². The van der Waals surface area contributed by atoms with Crippen molar-refractivity contribution in [3.05, 3.63) is 65.9 Å². The highest BCUT2D eigenvalue weighted by atomic mass is 16.5. The molecule has 0 amide bonds. The third-order valence-corrected chi connectivity index (χ3v) is 4.00. The summed E-state index contributed by atoms with van der Waals surface area (Å²) in [4.78, 5) is 16.3. The van der Waals surface area contributed by atoms with E-state index in [1.54, 1.807) is 12.3 Å². The molecule has 1 atom stereocenters. The van der Waals surface area contributed by atoms with Crippen LogP contribution >= 0.6 is 0 Å². The van der Waals surface area contributed by atoms with Crippen LogP contribution in [0.2, 0.25) is 0 Å². The molecular formula is C19H19NO3. The Morgan fingerprint density at radius 3 is 3.04 bits per heavy atom. The third kappa shape index (κ3) is 3.26. The second-order valence-electron chi connectivity index (χ2n) is 5.58. The van der Waals surface area contributed by atoms with E-state index in [2.05, 4.69) is 11.6 Å². The summed E-state index contributed by atoms with van der Waals surface area (Å²) in [5.41, 5.74) is 3.12. The third-order valence-electron chi connectivity index (χ3n) is 4.00. The van der Waals surface area contributed by atoms with Gasteiger partial charge < -0.3 is 9.47 Å². The molecule has 0 saturated heterocycles. The lowest BCUT2D eigenvalue weighted by atomic mass is 9.96. The molecule has 0 N–H and O–H groups in total. The van der Waals surface area contributed by atoms with Gasteiger partial charge >= 0.3 is 5.97 Å².